The Morgan fingerprint density at radius 2 is 1.81 bits per heavy atom. The molecule has 0 fully saturated rings. The number of nitrogens with one attached hydrogen (secondary N) is 1. The Balaban J connectivity index is 2.29. The molecule has 21 heavy (non-hydrogen) atoms. The molecule has 0 aliphatic carbocycles. The lowest BCUT2D eigenvalue weighted by atomic mass is 10.1. The van der Waals surface area contributed by atoms with Crippen molar-refractivity contribution in [2.75, 3.05) is 12.4 Å². The van der Waals surface area contributed by atoms with Gasteiger partial charge >= 0.3 is 0 Å². The predicted molar refractivity (Wildman–Crippen MR) is 96.3 cm³/mol. The molecule has 112 valence electrons. The molecule has 2 nitrogen and oxygen atoms in total. The Labute approximate surface area is 143 Å². The molecule has 2 aromatic rings. The topological polar surface area (TPSA) is 21.3 Å². The van der Waals surface area contributed by atoms with Crippen LogP contribution in [0.4, 0.5) is 5.69 Å². The molecule has 2 aromatic carbocycles. The van der Waals surface area contributed by atoms with Gasteiger partial charge in [0.25, 0.3) is 0 Å². The third-order valence-electron chi connectivity index (χ3n) is 3.61. The molecule has 0 aromatic heterocycles. The zero-order valence-electron chi connectivity index (χ0n) is 12.6. The van der Waals surface area contributed by atoms with Crippen LogP contribution in [0.2, 0.25) is 0 Å². The number of hydrogen-bond acceptors (Lipinski definition) is 2. The minimum absolute atomic E-state index is 0.193. The Morgan fingerprint density at radius 3 is 2.43 bits per heavy atom. The Hall–Kier alpha value is -1.000. The molecule has 1 N–H and O–H groups in total. The van der Waals surface area contributed by atoms with Gasteiger partial charge in [-0.2, -0.15) is 0 Å². The van der Waals surface area contributed by atoms with Gasteiger partial charge in [-0.25, -0.2) is 0 Å². The predicted octanol–water partition coefficient (Wildman–Crippen LogP) is 6.01. The summed E-state index contributed by atoms with van der Waals surface area (Å²) in [6, 6.07) is 10.6. The van der Waals surface area contributed by atoms with Crippen molar-refractivity contribution in [2.45, 2.75) is 26.8 Å². The van der Waals surface area contributed by atoms with Gasteiger partial charge < -0.3 is 10.1 Å². The van der Waals surface area contributed by atoms with Crippen molar-refractivity contribution in [3.63, 3.8) is 0 Å². The van der Waals surface area contributed by atoms with Gasteiger partial charge in [0.2, 0.25) is 0 Å². The lowest BCUT2D eigenvalue weighted by Gasteiger charge is -2.20. The molecule has 1 atom stereocenters. The molecule has 0 amide bonds. The number of rotatable bonds is 4. The molecule has 0 saturated carbocycles. The molecule has 0 radical (unpaired) electrons. The van der Waals surface area contributed by atoms with Gasteiger partial charge in [-0.1, -0.05) is 44.0 Å². The minimum Gasteiger partial charge on any atom is -0.496 e. The summed E-state index contributed by atoms with van der Waals surface area (Å²) >= 11 is 7.11. The third kappa shape index (κ3) is 3.61. The van der Waals surface area contributed by atoms with Crippen LogP contribution in [0.25, 0.3) is 0 Å². The highest BCUT2D eigenvalue weighted by atomic mass is 79.9. The number of methoxy groups -OCH3 is 1. The van der Waals surface area contributed by atoms with Crippen LogP contribution in [-0.2, 0) is 0 Å². The van der Waals surface area contributed by atoms with E-state index >= 15 is 0 Å². The molecule has 0 aliphatic heterocycles. The quantitative estimate of drug-likeness (QED) is 0.663. The van der Waals surface area contributed by atoms with E-state index in [9.17, 15) is 0 Å². The summed E-state index contributed by atoms with van der Waals surface area (Å²) < 4.78 is 7.65. The van der Waals surface area contributed by atoms with Crippen molar-refractivity contribution in [3.8, 4) is 5.75 Å². The summed E-state index contributed by atoms with van der Waals surface area (Å²) in [6.07, 6.45) is 0. The third-order valence-corrected chi connectivity index (χ3v) is 4.79. The largest absolute Gasteiger partial charge is 0.496 e. The van der Waals surface area contributed by atoms with Gasteiger partial charge in [-0.05, 0) is 50.1 Å². The summed E-state index contributed by atoms with van der Waals surface area (Å²) in [6.45, 7) is 6.29. The number of halogens is 2. The van der Waals surface area contributed by atoms with Crippen molar-refractivity contribution >= 4 is 37.5 Å². The number of hydrogen-bond donors (Lipinski definition) is 1. The van der Waals surface area contributed by atoms with E-state index < -0.39 is 0 Å². The number of anilines is 1. The summed E-state index contributed by atoms with van der Waals surface area (Å²) in [5.41, 5.74) is 4.60. The maximum atomic E-state index is 5.49. The van der Waals surface area contributed by atoms with E-state index in [0.29, 0.717) is 0 Å². The zero-order chi connectivity index (χ0) is 15.6. The van der Waals surface area contributed by atoms with E-state index in [2.05, 4.69) is 88.3 Å². The summed E-state index contributed by atoms with van der Waals surface area (Å²) in [5.74, 6) is 0.946. The van der Waals surface area contributed by atoms with Gasteiger partial charge in [-0.3, -0.25) is 0 Å². The molecule has 0 aliphatic rings. The summed E-state index contributed by atoms with van der Waals surface area (Å²) in [7, 11) is 1.72. The first kappa shape index (κ1) is 16.4. The van der Waals surface area contributed by atoms with Crippen molar-refractivity contribution in [2.24, 2.45) is 0 Å². The zero-order valence-corrected chi connectivity index (χ0v) is 15.8. The van der Waals surface area contributed by atoms with Gasteiger partial charge in [0, 0.05) is 26.2 Å². The molecule has 4 heteroatoms. The van der Waals surface area contributed by atoms with Gasteiger partial charge in [0.05, 0.1) is 7.11 Å². The fourth-order valence-electron chi connectivity index (χ4n) is 2.46. The Kier molecular flexibility index (Phi) is 5.33. The van der Waals surface area contributed by atoms with Crippen LogP contribution < -0.4 is 10.1 Å². The standard InChI is InChI=1S/C17H19Br2NO/c1-10-5-8-16(11(2)17(10)21-4)20-12(3)14-7-6-13(18)9-15(14)19/h5-9,12,20H,1-4H3. The second kappa shape index (κ2) is 6.84. The average Bonchev–Trinajstić information content (AvgIpc) is 2.42. The monoisotopic (exact) mass is 411 g/mol. The molecule has 0 spiro atoms. The summed E-state index contributed by atoms with van der Waals surface area (Å²) in [5, 5.41) is 3.56. The molecule has 2 rings (SSSR count). The molecule has 0 bridgehead atoms. The van der Waals surface area contributed by atoms with Crippen LogP contribution in [0.5, 0.6) is 5.75 Å². The van der Waals surface area contributed by atoms with E-state index in [0.717, 1.165) is 31.5 Å². The van der Waals surface area contributed by atoms with Crippen LogP contribution in [0.3, 0.4) is 0 Å². The second-order valence-electron chi connectivity index (χ2n) is 5.12. The first-order valence-corrected chi connectivity index (χ1v) is 8.38. The normalized spacial score (nSPS) is 12.1. The van der Waals surface area contributed by atoms with E-state index in [-0.39, 0.29) is 6.04 Å². The van der Waals surface area contributed by atoms with Crippen molar-refractivity contribution in [1.82, 2.24) is 0 Å². The first-order valence-electron chi connectivity index (χ1n) is 6.79. The van der Waals surface area contributed by atoms with E-state index in [4.69, 9.17) is 4.74 Å². The highest BCUT2D eigenvalue weighted by Gasteiger charge is 2.13. The lowest BCUT2D eigenvalue weighted by molar-refractivity contribution is 0.409. The average molecular weight is 413 g/mol. The SMILES string of the molecule is COc1c(C)ccc(NC(C)c2ccc(Br)cc2Br)c1C. The van der Waals surface area contributed by atoms with Crippen LogP contribution in [0.1, 0.15) is 29.7 Å². The van der Waals surface area contributed by atoms with Crippen molar-refractivity contribution < 1.29 is 4.74 Å². The molecule has 0 saturated heterocycles. The Morgan fingerprint density at radius 1 is 1.10 bits per heavy atom. The van der Waals surface area contributed by atoms with Crippen LogP contribution >= 0.6 is 31.9 Å². The van der Waals surface area contributed by atoms with Crippen LogP contribution in [0.15, 0.2) is 39.3 Å². The molecule has 1 unspecified atom stereocenters. The van der Waals surface area contributed by atoms with E-state index in [1.165, 1.54) is 5.56 Å². The smallest absolute Gasteiger partial charge is 0.126 e. The molecular weight excluding hydrogens is 394 g/mol. The molecular formula is C17H19Br2NO. The van der Waals surface area contributed by atoms with E-state index in [1.54, 1.807) is 7.11 Å². The highest BCUT2D eigenvalue weighted by molar-refractivity contribution is 9.11. The Bertz CT molecular complexity index is 655. The van der Waals surface area contributed by atoms with Crippen molar-refractivity contribution in [3.05, 3.63) is 56.0 Å². The maximum Gasteiger partial charge on any atom is 0.126 e. The van der Waals surface area contributed by atoms with Gasteiger partial charge in [-0.15, -0.1) is 0 Å². The van der Waals surface area contributed by atoms with Gasteiger partial charge in [0.15, 0.2) is 0 Å². The van der Waals surface area contributed by atoms with E-state index in [1.807, 2.05) is 0 Å². The lowest BCUT2D eigenvalue weighted by Crippen LogP contribution is -2.09. The fourth-order valence-corrected chi connectivity index (χ4v) is 3.85. The highest BCUT2D eigenvalue weighted by Crippen LogP contribution is 2.33. The second-order valence-corrected chi connectivity index (χ2v) is 6.89. The van der Waals surface area contributed by atoms with Crippen LogP contribution in [0, 0.1) is 13.8 Å². The minimum atomic E-state index is 0.193. The van der Waals surface area contributed by atoms with Crippen LogP contribution in [-0.4, -0.2) is 7.11 Å². The number of ether oxygens (including phenoxy) is 1. The number of benzene rings is 2. The van der Waals surface area contributed by atoms with Crippen molar-refractivity contribution in [1.29, 1.82) is 0 Å². The first-order chi connectivity index (χ1) is 9.93. The van der Waals surface area contributed by atoms with Gasteiger partial charge in [0.1, 0.15) is 5.75 Å². The maximum absolute atomic E-state index is 5.49. The molecule has 0 heterocycles. The number of aryl methyl sites for hydroxylation is 1. The summed E-state index contributed by atoms with van der Waals surface area (Å²) in [4.78, 5) is 0. The fraction of sp³-hybridized carbons (Fsp3) is 0.294.